The van der Waals surface area contributed by atoms with Gasteiger partial charge in [-0.25, -0.2) is 0 Å². The maximum Gasteiger partial charge on any atom is 0.414 e. The molecule has 1 aromatic carbocycles. The molecule has 2 N–H and O–H groups in total. The SMILES string of the molecule is CC(N)C(OC(C)C(F)(F)F)c1cccc(Br)c1. The van der Waals surface area contributed by atoms with Crippen LogP contribution in [0.1, 0.15) is 25.5 Å². The van der Waals surface area contributed by atoms with Crippen LogP contribution >= 0.6 is 15.9 Å². The summed E-state index contributed by atoms with van der Waals surface area (Å²) in [6, 6.07) is 6.38. The molecular formula is C12H15BrF3NO. The fourth-order valence-electron chi connectivity index (χ4n) is 1.49. The van der Waals surface area contributed by atoms with Gasteiger partial charge in [0.05, 0.1) is 6.10 Å². The molecule has 0 heterocycles. The van der Waals surface area contributed by atoms with Crippen LogP contribution in [0.15, 0.2) is 28.7 Å². The van der Waals surface area contributed by atoms with Gasteiger partial charge in [-0.05, 0) is 31.5 Å². The number of rotatable bonds is 4. The molecule has 1 aromatic rings. The first-order chi connectivity index (χ1) is 8.21. The second-order valence-electron chi connectivity index (χ2n) is 4.15. The van der Waals surface area contributed by atoms with Crippen molar-refractivity contribution in [1.29, 1.82) is 0 Å². The second kappa shape index (κ2) is 6.04. The first-order valence-corrected chi connectivity index (χ1v) is 6.24. The minimum Gasteiger partial charge on any atom is -0.360 e. The van der Waals surface area contributed by atoms with Crippen LogP contribution in [-0.4, -0.2) is 18.3 Å². The van der Waals surface area contributed by atoms with E-state index >= 15 is 0 Å². The monoisotopic (exact) mass is 325 g/mol. The van der Waals surface area contributed by atoms with E-state index in [0.29, 0.717) is 5.56 Å². The van der Waals surface area contributed by atoms with Crippen molar-refractivity contribution in [1.82, 2.24) is 0 Å². The summed E-state index contributed by atoms with van der Waals surface area (Å²) in [4.78, 5) is 0. The van der Waals surface area contributed by atoms with Crippen LogP contribution in [0.25, 0.3) is 0 Å². The van der Waals surface area contributed by atoms with E-state index in [1.165, 1.54) is 0 Å². The normalized spacial score (nSPS) is 17.3. The molecular weight excluding hydrogens is 311 g/mol. The van der Waals surface area contributed by atoms with Crippen molar-refractivity contribution in [3.8, 4) is 0 Å². The van der Waals surface area contributed by atoms with Crippen molar-refractivity contribution in [3.05, 3.63) is 34.3 Å². The maximum atomic E-state index is 12.5. The highest BCUT2D eigenvalue weighted by Gasteiger charge is 2.39. The molecule has 0 aliphatic carbocycles. The number of hydrogen-bond donors (Lipinski definition) is 1. The quantitative estimate of drug-likeness (QED) is 0.913. The van der Waals surface area contributed by atoms with E-state index in [4.69, 9.17) is 10.5 Å². The van der Waals surface area contributed by atoms with Gasteiger partial charge in [0.15, 0.2) is 6.10 Å². The molecule has 0 saturated heterocycles. The first-order valence-electron chi connectivity index (χ1n) is 5.45. The molecule has 0 aliphatic heterocycles. The summed E-state index contributed by atoms with van der Waals surface area (Å²) in [5.74, 6) is 0. The molecule has 0 spiro atoms. The predicted octanol–water partition coefficient (Wildman–Crippen LogP) is 3.80. The van der Waals surface area contributed by atoms with Gasteiger partial charge < -0.3 is 10.5 Å². The highest BCUT2D eigenvalue weighted by atomic mass is 79.9. The fraction of sp³-hybridized carbons (Fsp3) is 0.500. The topological polar surface area (TPSA) is 35.2 Å². The molecule has 0 aromatic heterocycles. The Balaban J connectivity index is 2.91. The third kappa shape index (κ3) is 4.26. The minimum atomic E-state index is -4.39. The number of benzene rings is 1. The van der Waals surface area contributed by atoms with Gasteiger partial charge in [0, 0.05) is 10.5 Å². The minimum absolute atomic E-state index is 0.538. The molecule has 0 amide bonds. The van der Waals surface area contributed by atoms with Gasteiger partial charge in [-0.1, -0.05) is 28.1 Å². The number of alkyl halides is 3. The molecule has 0 radical (unpaired) electrons. The highest BCUT2D eigenvalue weighted by Crippen LogP contribution is 2.30. The van der Waals surface area contributed by atoms with E-state index in [0.717, 1.165) is 11.4 Å². The van der Waals surface area contributed by atoms with E-state index in [9.17, 15) is 13.2 Å². The zero-order valence-corrected chi connectivity index (χ0v) is 11.6. The summed E-state index contributed by atoms with van der Waals surface area (Å²) in [6.07, 6.45) is -7.04. The van der Waals surface area contributed by atoms with Crippen LogP contribution in [0.5, 0.6) is 0 Å². The van der Waals surface area contributed by atoms with Gasteiger partial charge >= 0.3 is 6.18 Å². The number of ether oxygens (including phenoxy) is 1. The summed E-state index contributed by atoms with van der Waals surface area (Å²) in [6.45, 7) is 2.60. The highest BCUT2D eigenvalue weighted by molar-refractivity contribution is 9.10. The van der Waals surface area contributed by atoms with Gasteiger partial charge in [0.25, 0.3) is 0 Å². The Bertz CT molecular complexity index is 395. The Kier molecular flexibility index (Phi) is 5.19. The molecule has 6 heteroatoms. The summed E-state index contributed by atoms with van der Waals surface area (Å²) in [5.41, 5.74) is 6.32. The van der Waals surface area contributed by atoms with Gasteiger partial charge in [-0.3, -0.25) is 0 Å². The maximum absolute atomic E-state index is 12.5. The van der Waals surface area contributed by atoms with Crippen LogP contribution in [-0.2, 0) is 4.74 Å². The largest absolute Gasteiger partial charge is 0.414 e. The zero-order valence-electron chi connectivity index (χ0n) is 10.0. The molecule has 3 unspecified atom stereocenters. The lowest BCUT2D eigenvalue weighted by molar-refractivity contribution is -0.229. The Labute approximate surface area is 112 Å². The Morgan fingerprint density at radius 1 is 1.28 bits per heavy atom. The molecule has 3 atom stereocenters. The van der Waals surface area contributed by atoms with E-state index in [2.05, 4.69) is 15.9 Å². The molecule has 0 bridgehead atoms. The summed E-state index contributed by atoms with van der Waals surface area (Å²) in [5, 5.41) is 0. The number of hydrogen-bond acceptors (Lipinski definition) is 2. The van der Waals surface area contributed by atoms with Crippen molar-refractivity contribution >= 4 is 15.9 Å². The average molecular weight is 326 g/mol. The predicted molar refractivity (Wildman–Crippen MR) is 67.1 cm³/mol. The van der Waals surface area contributed by atoms with Gasteiger partial charge in [0.2, 0.25) is 0 Å². The third-order valence-corrected chi connectivity index (χ3v) is 2.96. The fourth-order valence-corrected chi connectivity index (χ4v) is 1.90. The standard InChI is InChI=1S/C12H15BrF3NO/c1-7(17)11(18-8(2)12(14,15)16)9-4-3-5-10(13)6-9/h3-8,11H,17H2,1-2H3. The second-order valence-corrected chi connectivity index (χ2v) is 5.07. The van der Waals surface area contributed by atoms with Gasteiger partial charge in [-0.2, -0.15) is 13.2 Å². The van der Waals surface area contributed by atoms with Crippen LogP contribution in [0.4, 0.5) is 13.2 Å². The van der Waals surface area contributed by atoms with Crippen molar-refractivity contribution in [2.45, 2.75) is 38.3 Å². The lowest BCUT2D eigenvalue weighted by Gasteiger charge is -2.27. The number of nitrogens with two attached hydrogens (primary N) is 1. The van der Waals surface area contributed by atoms with Crippen LogP contribution in [0, 0.1) is 0 Å². The Morgan fingerprint density at radius 2 is 1.89 bits per heavy atom. The molecule has 102 valence electrons. The molecule has 1 rings (SSSR count). The van der Waals surface area contributed by atoms with E-state index in [1.807, 2.05) is 0 Å². The van der Waals surface area contributed by atoms with E-state index in [-0.39, 0.29) is 0 Å². The molecule has 18 heavy (non-hydrogen) atoms. The number of halogens is 4. The van der Waals surface area contributed by atoms with Crippen molar-refractivity contribution in [3.63, 3.8) is 0 Å². The van der Waals surface area contributed by atoms with Crippen molar-refractivity contribution in [2.24, 2.45) is 5.73 Å². The molecule has 0 saturated carbocycles. The molecule has 0 aliphatic rings. The summed E-state index contributed by atoms with van der Waals surface area (Å²) >= 11 is 3.27. The van der Waals surface area contributed by atoms with Crippen LogP contribution in [0.2, 0.25) is 0 Å². The smallest absolute Gasteiger partial charge is 0.360 e. The Hall–Kier alpha value is -0.590. The summed E-state index contributed by atoms with van der Waals surface area (Å²) < 4.78 is 43.3. The van der Waals surface area contributed by atoms with Crippen molar-refractivity contribution in [2.75, 3.05) is 0 Å². The van der Waals surface area contributed by atoms with E-state index in [1.54, 1.807) is 31.2 Å². The Morgan fingerprint density at radius 3 is 2.33 bits per heavy atom. The van der Waals surface area contributed by atoms with Crippen LogP contribution < -0.4 is 5.73 Å². The lowest BCUT2D eigenvalue weighted by atomic mass is 10.0. The average Bonchev–Trinajstić information content (AvgIpc) is 2.23. The first kappa shape index (κ1) is 15.5. The summed E-state index contributed by atoms with van der Waals surface area (Å²) in [7, 11) is 0. The van der Waals surface area contributed by atoms with E-state index < -0.39 is 24.4 Å². The van der Waals surface area contributed by atoms with Gasteiger partial charge in [-0.15, -0.1) is 0 Å². The lowest BCUT2D eigenvalue weighted by Crippen LogP contribution is -2.35. The van der Waals surface area contributed by atoms with Gasteiger partial charge in [0.1, 0.15) is 0 Å². The van der Waals surface area contributed by atoms with Crippen LogP contribution in [0.3, 0.4) is 0 Å². The zero-order chi connectivity index (χ0) is 13.9. The molecule has 2 nitrogen and oxygen atoms in total. The third-order valence-electron chi connectivity index (χ3n) is 2.47. The van der Waals surface area contributed by atoms with Crippen molar-refractivity contribution < 1.29 is 17.9 Å². The molecule has 0 fully saturated rings.